The van der Waals surface area contributed by atoms with Crippen LogP contribution >= 0.6 is 23.4 Å². The van der Waals surface area contributed by atoms with Crippen molar-refractivity contribution < 1.29 is 4.79 Å². The van der Waals surface area contributed by atoms with Crippen molar-refractivity contribution in [1.82, 2.24) is 25.3 Å². The van der Waals surface area contributed by atoms with Gasteiger partial charge in [0.25, 0.3) is 5.91 Å². The Morgan fingerprint density at radius 1 is 1.45 bits per heavy atom. The summed E-state index contributed by atoms with van der Waals surface area (Å²) in [5.74, 6) is 0.570. The van der Waals surface area contributed by atoms with Crippen molar-refractivity contribution in [2.45, 2.75) is 12.1 Å². The molecule has 6 nitrogen and oxygen atoms in total. The molecule has 0 unspecified atom stereocenters. The first-order chi connectivity index (χ1) is 9.60. The molecule has 110 valence electrons. The molecule has 0 aliphatic carbocycles. The third-order valence-corrected chi connectivity index (χ3v) is 3.99. The monoisotopic (exact) mass is 315 g/mol. The predicted molar refractivity (Wildman–Crippen MR) is 80.0 cm³/mol. The van der Waals surface area contributed by atoms with Gasteiger partial charge in [0.15, 0.2) is 10.9 Å². The number of hydrogen-bond acceptors (Lipinski definition) is 6. The maximum absolute atomic E-state index is 12.2. The molecular weight excluding hydrogens is 298 g/mol. The number of halogens is 1. The van der Waals surface area contributed by atoms with Gasteiger partial charge in [-0.15, -0.1) is 0 Å². The predicted octanol–water partition coefficient (Wildman–Crippen LogP) is 1.13. The van der Waals surface area contributed by atoms with Crippen LogP contribution in [0.4, 0.5) is 0 Å². The van der Waals surface area contributed by atoms with E-state index in [2.05, 4.69) is 27.3 Å². The molecule has 1 fully saturated rings. The van der Waals surface area contributed by atoms with Gasteiger partial charge in [-0.1, -0.05) is 30.3 Å². The number of thioether (sulfide) groups is 1. The molecule has 1 saturated heterocycles. The van der Waals surface area contributed by atoms with Crippen LogP contribution in [0.25, 0.3) is 0 Å². The highest BCUT2D eigenvalue weighted by Crippen LogP contribution is 2.18. The molecular formula is C12H18ClN5OS. The quantitative estimate of drug-likeness (QED) is 0.664. The van der Waals surface area contributed by atoms with Crippen LogP contribution in [-0.2, 0) is 0 Å². The molecule has 2 heterocycles. The Labute approximate surface area is 127 Å². The smallest absolute Gasteiger partial charge is 0.285 e. The average Bonchev–Trinajstić information content (AvgIpc) is 2.43. The second-order valence-electron chi connectivity index (χ2n) is 4.51. The van der Waals surface area contributed by atoms with Crippen LogP contribution in [0.3, 0.4) is 0 Å². The summed E-state index contributed by atoms with van der Waals surface area (Å²) in [5, 5.41) is 2.74. The molecule has 8 heteroatoms. The molecule has 1 N–H and O–H groups in total. The molecule has 1 aromatic heterocycles. The van der Waals surface area contributed by atoms with Crippen LogP contribution in [0, 0.1) is 0 Å². The normalized spacial score (nSPS) is 17.1. The standard InChI is InChI=1S/C12H18ClN5OS/c1-3-20-12-14-8-9(13)10(15-12)11(19)16-18-6-4-17(2)5-7-18/h8H,3-7H2,1-2H3,(H,16,19). The zero-order chi connectivity index (χ0) is 14.5. The minimum atomic E-state index is -0.278. The molecule has 0 bridgehead atoms. The maximum atomic E-state index is 12.2. The van der Waals surface area contributed by atoms with Gasteiger partial charge in [-0.05, 0) is 12.8 Å². The summed E-state index contributed by atoms with van der Waals surface area (Å²) in [5.41, 5.74) is 3.08. The van der Waals surface area contributed by atoms with Crippen LogP contribution in [0.15, 0.2) is 11.4 Å². The number of nitrogens with zero attached hydrogens (tertiary/aromatic N) is 4. The Morgan fingerprint density at radius 2 is 2.15 bits per heavy atom. The number of nitrogens with one attached hydrogen (secondary N) is 1. The van der Waals surface area contributed by atoms with Crippen LogP contribution in [0.5, 0.6) is 0 Å². The highest BCUT2D eigenvalue weighted by atomic mass is 35.5. The van der Waals surface area contributed by atoms with Gasteiger partial charge in [-0.2, -0.15) is 0 Å². The highest BCUT2D eigenvalue weighted by molar-refractivity contribution is 7.99. The highest BCUT2D eigenvalue weighted by Gasteiger charge is 2.19. The molecule has 20 heavy (non-hydrogen) atoms. The van der Waals surface area contributed by atoms with Crippen molar-refractivity contribution in [3.63, 3.8) is 0 Å². The van der Waals surface area contributed by atoms with Crippen molar-refractivity contribution in [3.8, 4) is 0 Å². The summed E-state index contributed by atoms with van der Waals surface area (Å²) in [7, 11) is 2.06. The number of aromatic nitrogens is 2. The molecule has 1 aromatic rings. The number of hydrazine groups is 1. The van der Waals surface area contributed by atoms with Gasteiger partial charge < -0.3 is 4.90 Å². The zero-order valence-corrected chi connectivity index (χ0v) is 13.2. The number of rotatable bonds is 4. The van der Waals surface area contributed by atoms with Crippen molar-refractivity contribution in [2.75, 3.05) is 39.0 Å². The van der Waals surface area contributed by atoms with E-state index in [0.717, 1.165) is 31.9 Å². The van der Waals surface area contributed by atoms with E-state index >= 15 is 0 Å². The lowest BCUT2D eigenvalue weighted by atomic mass is 10.3. The SMILES string of the molecule is CCSc1ncc(Cl)c(C(=O)NN2CCN(C)CC2)n1. The first kappa shape index (κ1) is 15.5. The van der Waals surface area contributed by atoms with E-state index in [1.165, 1.54) is 18.0 Å². The van der Waals surface area contributed by atoms with Crippen molar-refractivity contribution in [1.29, 1.82) is 0 Å². The fraction of sp³-hybridized carbons (Fsp3) is 0.583. The third kappa shape index (κ3) is 4.05. The van der Waals surface area contributed by atoms with Crippen LogP contribution in [0.1, 0.15) is 17.4 Å². The molecule has 0 atom stereocenters. The van der Waals surface area contributed by atoms with Gasteiger partial charge in [-0.3, -0.25) is 10.2 Å². The van der Waals surface area contributed by atoms with E-state index in [4.69, 9.17) is 11.6 Å². The first-order valence-electron chi connectivity index (χ1n) is 6.50. The number of amides is 1. The Bertz CT molecular complexity index is 479. The van der Waals surface area contributed by atoms with Gasteiger partial charge in [0.1, 0.15) is 0 Å². The van der Waals surface area contributed by atoms with Crippen LogP contribution < -0.4 is 5.43 Å². The molecule has 0 spiro atoms. The van der Waals surface area contributed by atoms with Crippen LogP contribution in [0.2, 0.25) is 5.02 Å². The molecule has 0 aromatic carbocycles. The number of hydrogen-bond donors (Lipinski definition) is 1. The summed E-state index contributed by atoms with van der Waals surface area (Å²) >= 11 is 7.49. The Balaban J connectivity index is 2.03. The topological polar surface area (TPSA) is 61.4 Å². The summed E-state index contributed by atoms with van der Waals surface area (Å²) in [6.07, 6.45) is 1.48. The van der Waals surface area contributed by atoms with Gasteiger partial charge in [-0.25, -0.2) is 15.0 Å². The van der Waals surface area contributed by atoms with E-state index < -0.39 is 0 Å². The number of carbonyl (C=O) groups is 1. The fourth-order valence-electron chi connectivity index (χ4n) is 1.82. The zero-order valence-electron chi connectivity index (χ0n) is 11.6. The lowest BCUT2D eigenvalue weighted by Gasteiger charge is -2.32. The molecule has 1 aliphatic heterocycles. The van der Waals surface area contributed by atoms with Gasteiger partial charge in [0, 0.05) is 26.2 Å². The van der Waals surface area contributed by atoms with E-state index in [0.29, 0.717) is 5.16 Å². The molecule has 1 aliphatic rings. The summed E-state index contributed by atoms with van der Waals surface area (Å²) in [4.78, 5) is 22.7. The van der Waals surface area contributed by atoms with Gasteiger partial charge >= 0.3 is 0 Å². The molecule has 2 rings (SSSR count). The molecule has 1 amide bonds. The van der Waals surface area contributed by atoms with Gasteiger partial charge in [0.05, 0.1) is 11.2 Å². The Morgan fingerprint density at radius 3 is 2.80 bits per heavy atom. The van der Waals surface area contributed by atoms with E-state index in [9.17, 15) is 4.79 Å². The van der Waals surface area contributed by atoms with E-state index in [1.807, 2.05) is 11.9 Å². The largest absolute Gasteiger partial charge is 0.304 e. The van der Waals surface area contributed by atoms with Gasteiger partial charge in [0.2, 0.25) is 0 Å². The van der Waals surface area contributed by atoms with E-state index in [1.54, 1.807) is 0 Å². The lowest BCUT2D eigenvalue weighted by Crippen LogP contribution is -2.52. The van der Waals surface area contributed by atoms with Crippen LogP contribution in [-0.4, -0.2) is 64.8 Å². The lowest BCUT2D eigenvalue weighted by molar-refractivity contribution is 0.0657. The van der Waals surface area contributed by atoms with Crippen molar-refractivity contribution in [2.24, 2.45) is 0 Å². The minimum Gasteiger partial charge on any atom is -0.304 e. The molecule has 0 saturated carbocycles. The van der Waals surface area contributed by atoms with Crippen molar-refractivity contribution in [3.05, 3.63) is 16.9 Å². The number of likely N-dealkylation sites (N-methyl/N-ethyl adjacent to an activating group) is 1. The maximum Gasteiger partial charge on any atom is 0.285 e. The third-order valence-electron chi connectivity index (χ3n) is 2.97. The Kier molecular flexibility index (Phi) is 5.59. The second kappa shape index (κ2) is 7.21. The minimum absolute atomic E-state index is 0.233. The number of carbonyl (C=O) groups excluding carboxylic acids is 1. The first-order valence-corrected chi connectivity index (χ1v) is 7.86. The summed E-state index contributed by atoms with van der Waals surface area (Å²) in [6, 6.07) is 0. The number of piperazine rings is 1. The molecule has 0 radical (unpaired) electrons. The fourth-order valence-corrected chi connectivity index (χ4v) is 2.54. The second-order valence-corrected chi connectivity index (χ2v) is 6.15. The van der Waals surface area contributed by atoms with Crippen molar-refractivity contribution >= 4 is 29.3 Å². The average molecular weight is 316 g/mol. The summed E-state index contributed by atoms with van der Waals surface area (Å²) in [6.45, 7) is 5.44. The Hall–Kier alpha value is -0.890. The van der Waals surface area contributed by atoms with E-state index in [-0.39, 0.29) is 16.6 Å². The summed E-state index contributed by atoms with van der Waals surface area (Å²) < 4.78 is 0.